The van der Waals surface area contributed by atoms with Gasteiger partial charge in [-0.05, 0) is 30.2 Å². The molecule has 172 valence electrons. The molecule has 0 fully saturated rings. The predicted octanol–water partition coefficient (Wildman–Crippen LogP) is 3.70. The molecule has 1 N–H and O–H groups in total. The van der Waals surface area contributed by atoms with Crippen molar-refractivity contribution < 1.29 is 22.4 Å². The van der Waals surface area contributed by atoms with Gasteiger partial charge >= 0.3 is 0 Å². The van der Waals surface area contributed by atoms with E-state index in [9.17, 15) is 13.5 Å². The molecule has 0 aliphatic rings. The fraction of sp³-hybridized carbons (Fsp3) is 0.240. The molecule has 1 aromatic heterocycles. The summed E-state index contributed by atoms with van der Waals surface area (Å²) in [5, 5.41) is 12.2. The molecule has 33 heavy (non-hydrogen) atoms. The van der Waals surface area contributed by atoms with Crippen LogP contribution in [0.2, 0.25) is 0 Å². The minimum atomic E-state index is -3.51. The summed E-state index contributed by atoms with van der Waals surface area (Å²) in [6, 6.07) is 24.4. The first kappa shape index (κ1) is 23.0. The molecule has 0 atom stereocenters. The first-order valence-electron chi connectivity index (χ1n) is 10.6. The minimum absolute atomic E-state index is 0.0725. The average Bonchev–Trinajstić information content (AvgIpc) is 3.20. The van der Waals surface area contributed by atoms with E-state index in [1.807, 2.05) is 84.3 Å². The second-order valence-corrected chi connectivity index (χ2v) is 9.29. The Morgan fingerprint density at radius 1 is 0.939 bits per heavy atom. The van der Waals surface area contributed by atoms with Crippen molar-refractivity contribution in [1.29, 1.82) is 0 Å². The maximum absolute atomic E-state index is 12.2. The monoisotopic (exact) mass is 466 g/mol. The number of imidazole rings is 1. The molecule has 4 aromatic rings. The largest absolute Gasteiger partial charge is 0.491 e. The third-order valence-electron chi connectivity index (χ3n) is 5.39. The zero-order valence-electron chi connectivity index (χ0n) is 18.5. The predicted molar refractivity (Wildman–Crippen MR) is 127 cm³/mol. The van der Waals surface area contributed by atoms with Crippen LogP contribution in [0, 0.1) is 0 Å². The molecule has 0 saturated heterocycles. The highest BCUT2D eigenvalue weighted by Gasteiger charge is 2.38. The lowest BCUT2D eigenvalue weighted by molar-refractivity contribution is 0.112. The molecule has 8 heteroatoms. The Morgan fingerprint density at radius 2 is 1.55 bits per heavy atom. The Balaban J connectivity index is 1.77. The lowest BCUT2D eigenvalue weighted by atomic mass is 9.85. The zero-order chi connectivity index (χ0) is 23.5. The number of aromatic nitrogens is 2. The number of nitrogens with zero attached hydrogens (tertiary/aromatic N) is 2. The summed E-state index contributed by atoms with van der Waals surface area (Å²) < 4.78 is 34.6. The topological polar surface area (TPSA) is 90.7 Å². The van der Waals surface area contributed by atoms with Crippen molar-refractivity contribution in [3.05, 3.63) is 95.8 Å². The standard InChI is InChI=1S/C25H26N2O5S/c1-3-27-23-18-21(31-16-17-32-33(2,29)30)14-15-22(23)26-24(27)25(28,19-10-6-4-7-11-19)20-12-8-5-9-13-20/h4-15,18,28H,3,16-17H2,1-2H3. The maximum atomic E-state index is 12.2. The number of ether oxygens (including phenoxy) is 1. The van der Waals surface area contributed by atoms with E-state index in [-0.39, 0.29) is 13.2 Å². The van der Waals surface area contributed by atoms with Crippen LogP contribution in [0.25, 0.3) is 11.0 Å². The van der Waals surface area contributed by atoms with Crippen LogP contribution < -0.4 is 4.74 Å². The van der Waals surface area contributed by atoms with E-state index in [1.165, 1.54) is 0 Å². The van der Waals surface area contributed by atoms with Crippen LogP contribution >= 0.6 is 0 Å². The van der Waals surface area contributed by atoms with Crippen LogP contribution in [0.5, 0.6) is 5.75 Å². The Bertz CT molecular complexity index is 1300. The Kier molecular flexibility index (Phi) is 6.51. The molecular formula is C25H26N2O5S. The molecule has 0 radical (unpaired) electrons. The van der Waals surface area contributed by atoms with Crippen molar-refractivity contribution in [1.82, 2.24) is 9.55 Å². The fourth-order valence-corrected chi connectivity index (χ4v) is 4.29. The van der Waals surface area contributed by atoms with Crippen molar-refractivity contribution in [3.8, 4) is 5.75 Å². The molecule has 4 rings (SSSR count). The number of hydrogen-bond donors (Lipinski definition) is 1. The zero-order valence-corrected chi connectivity index (χ0v) is 19.3. The summed E-state index contributed by atoms with van der Waals surface area (Å²) >= 11 is 0. The summed E-state index contributed by atoms with van der Waals surface area (Å²) in [6.07, 6.45) is 1.00. The van der Waals surface area contributed by atoms with E-state index < -0.39 is 15.7 Å². The van der Waals surface area contributed by atoms with Crippen molar-refractivity contribution in [2.45, 2.75) is 19.1 Å². The van der Waals surface area contributed by atoms with Crippen molar-refractivity contribution >= 4 is 21.2 Å². The van der Waals surface area contributed by atoms with E-state index in [1.54, 1.807) is 6.07 Å². The highest BCUT2D eigenvalue weighted by Crippen LogP contribution is 2.38. The molecule has 0 amide bonds. The van der Waals surface area contributed by atoms with Gasteiger partial charge < -0.3 is 14.4 Å². The van der Waals surface area contributed by atoms with Crippen LogP contribution in [0.15, 0.2) is 78.9 Å². The van der Waals surface area contributed by atoms with Crippen LogP contribution in [0.4, 0.5) is 0 Å². The van der Waals surface area contributed by atoms with Gasteiger partial charge in [0.2, 0.25) is 0 Å². The second kappa shape index (κ2) is 9.35. The summed E-state index contributed by atoms with van der Waals surface area (Å²) in [4.78, 5) is 4.83. The number of fused-ring (bicyclic) bond motifs is 1. The molecule has 0 aliphatic carbocycles. The molecule has 1 heterocycles. The van der Waals surface area contributed by atoms with Crippen LogP contribution in [-0.4, -0.2) is 42.5 Å². The van der Waals surface area contributed by atoms with Crippen LogP contribution in [0.1, 0.15) is 23.9 Å². The smallest absolute Gasteiger partial charge is 0.264 e. The molecule has 0 spiro atoms. The van der Waals surface area contributed by atoms with E-state index in [2.05, 4.69) is 0 Å². The van der Waals surface area contributed by atoms with Gasteiger partial charge in [0.15, 0.2) is 11.4 Å². The third kappa shape index (κ3) is 4.78. The third-order valence-corrected chi connectivity index (χ3v) is 5.99. The molecule has 0 aliphatic heterocycles. The quantitative estimate of drug-likeness (QED) is 0.299. The summed E-state index contributed by atoms with van der Waals surface area (Å²) in [7, 11) is -3.51. The highest BCUT2D eigenvalue weighted by molar-refractivity contribution is 7.85. The van der Waals surface area contributed by atoms with Crippen molar-refractivity contribution in [2.24, 2.45) is 0 Å². The number of rotatable bonds is 9. The molecule has 0 saturated carbocycles. The maximum Gasteiger partial charge on any atom is 0.264 e. The SMILES string of the molecule is CCn1c(C(O)(c2ccccc2)c2ccccc2)nc2ccc(OCCOS(C)(=O)=O)cc21. The highest BCUT2D eigenvalue weighted by atomic mass is 32.2. The summed E-state index contributed by atoms with van der Waals surface area (Å²) in [5.41, 5.74) is 1.50. The molecule has 0 unspecified atom stereocenters. The lowest BCUT2D eigenvalue weighted by Crippen LogP contribution is -2.32. The van der Waals surface area contributed by atoms with Gasteiger partial charge in [-0.1, -0.05) is 60.7 Å². The number of hydrogen-bond acceptors (Lipinski definition) is 6. The Labute approximate surface area is 193 Å². The van der Waals surface area contributed by atoms with Crippen molar-refractivity contribution in [2.75, 3.05) is 19.5 Å². The number of aliphatic hydroxyl groups is 1. The van der Waals surface area contributed by atoms with Gasteiger partial charge in [-0.15, -0.1) is 0 Å². The fourth-order valence-electron chi connectivity index (χ4n) is 3.92. The Hall–Kier alpha value is -3.20. The lowest BCUT2D eigenvalue weighted by Gasteiger charge is -2.29. The number of benzene rings is 3. The van der Waals surface area contributed by atoms with Gasteiger partial charge in [0.25, 0.3) is 10.1 Å². The van der Waals surface area contributed by atoms with Gasteiger partial charge in [0.05, 0.1) is 17.3 Å². The normalized spacial score (nSPS) is 12.2. The van der Waals surface area contributed by atoms with E-state index in [0.29, 0.717) is 18.1 Å². The van der Waals surface area contributed by atoms with Gasteiger partial charge in [0, 0.05) is 12.6 Å². The summed E-state index contributed by atoms with van der Waals surface area (Å²) in [6.45, 7) is 2.59. The van der Waals surface area contributed by atoms with Crippen LogP contribution in [-0.2, 0) is 26.4 Å². The van der Waals surface area contributed by atoms with E-state index in [0.717, 1.165) is 28.4 Å². The average molecular weight is 467 g/mol. The first-order chi connectivity index (χ1) is 15.8. The van der Waals surface area contributed by atoms with Gasteiger partial charge in [-0.3, -0.25) is 4.18 Å². The van der Waals surface area contributed by atoms with E-state index >= 15 is 0 Å². The van der Waals surface area contributed by atoms with E-state index in [4.69, 9.17) is 13.9 Å². The van der Waals surface area contributed by atoms with Crippen LogP contribution in [0.3, 0.4) is 0 Å². The van der Waals surface area contributed by atoms with Crippen molar-refractivity contribution in [3.63, 3.8) is 0 Å². The summed E-state index contributed by atoms with van der Waals surface area (Å²) in [5.74, 6) is 1.07. The van der Waals surface area contributed by atoms with Gasteiger partial charge in [0.1, 0.15) is 19.0 Å². The van der Waals surface area contributed by atoms with Gasteiger partial charge in [-0.25, -0.2) is 4.98 Å². The Morgan fingerprint density at radius 3 is 2.09 bits per heavy atom. The molecule has 7 nitrogen and oxygen atoms in total. The first-order valence-corrected chi connectivity index (χ1v) is 12.5. The minimum Gasteiger partial charge on any atom is -0.491 e. The molecule has 0 bridgehead atoms. The van der Waals surface area contributed by atoms with Gasteiger partial charge in [-0.2, -0.15) is 8.42 Å². The molecular weight excluding hydrogens is 440 g/mol. The number of aryl methyl sites for hydroxylation is 1. The molecule has 3 aromatic carbocycles. The second-order valence-electron chi connectivity index (χ2n) is 7.65.